The summed E-state index contributed by atoms with van der Waals surface area (Å²) in [7, 11) is 0. The first-order valence-corrected chi connectivity index (χ1v) is 8.23. The van der Waals surface area contributed by atoms with E-state index in [1.807, 2.05) is 13.0 Å². The maximum Gasteiger partial charge on any atom is 0.338 e. The van der Waals surface area contributed by atoms with Gasteiger partial charge in [-0.05, 0) is 55.8 Å². The number of aromatic amines is 1. The van der Waals surface area contributed by atoms with Crippen LogP contribution in [0.2, 0.25) is 5.02 Å². The third-order valence-electron chi connectivity index (χ3n) is 3.90. The zero-order chi connectivity index (χ0) is 18.0. The van der Waals surface area contributed by atoms with Gasteiger partial charge >= 0.3 is 5.97 Å². The molecule has 1 heterocycles. The number of rotatable bonds is 4. The minimum Gasteiger partial charge on any atom is -0.462 e. The predicted molar refractivity (Wildman–Crippen MR) is 98.4 cm³/mol. The van der Waals surface area contributed by atoms with Crippen LogP contribution in [0.15, 0.2) is 42.5 Å². The molecule has 0 bridgehead atoms. The van der Waals surface area contributed by atoms with Gasteiger partial charge in [0.15, 0.2) is 0 Å². The molecule has 0 spiro atoms. The van der Waals surface area contributed by atoms with Gasteiger partial charge in [0, 0.05) is 21.6 Å². The molecule has 0 aliphatic carbocycles. The summed E-state index contributed by atoms with van der Waals surface area (Å²) in [6.45, 7) is 3.95. The Morgan fingerprint density at radius 1 is 1.16 bits per heavy atom. The highest BCUT2D eigenvalue weighted by molar-refractivity contribution is 6.31. The van der Waals surface area contributed by atoms with E-state index in [1.165, 1.54) is 0 Å². The molecule has 1 amide bonds. The van der Waals surface area contributed by atoms with Crippen molar-refractivity contribution in [2.75, 3.05) is 11.9 Å². The van der Waals surface area contributed by atoms with Gasteiger partial charge in [0.2, 0.25) is 0 Å². The molecular formula is C19H17ClN2O3. The van der Waals surface area contributed by atoms with Crippen molar-refractivity contribution in [3.63, 3.8) is 0 Å². The molecule has 3 aromatic rings. The number of amides is 1. The number of nitrogens with one attached hydrogen (secondary N) is 2. The lowest BCUT2D eigenvalue weighted by Crippen LogP contribution is -2.13. The van der Waals surface area contributed by atoms with Crippen molar-refractivity contribution >= 4 is 40.1 Å². The molecule has 0 radical (unpaired) electrons. The minimum atomic E-state index is -0.385. The van der Waals surface area contributed by atoms with Crippen molar-refractivity contribution in [3.05, 3.63) is 64.3 Å². The molecule has 0 saturated heterocycles. The van der Waals surface area contributed by atoms with Gasteiger partial charge in [0.05, 0.1) is 12.2 Å². The topological polar surface area (TPSA) is 71.2 Å². The Morgan fingerprint density at radius 2 is 1.88 bits per heavy atom. The van der Waals surface area contributed by atoms with Gasteiger partial charge in [-0.3, -0.25) is 4.79 Å². The highest BCUT2D eigenvalue weighted by atomic mass is 35.5. The van der Waals surface area contributed by atoms with Crippen molar-refractivity contribution < 1.29 is 14.3 Å². The van der Waals surface area contributed by atoms with E-state index in [0.29, 0.717) is 28.6 Å². The number of carbonyl (C=O) groups excluding carboxylic acids is 2. The molecule has 0 aliphatic rings. The van der Waals surface area contributed by atoms with Gasteiger partial charge in [0.25, 0.3) is 5.91 Å². The second kappa shape index (κ2) is 6.99. The SMILES string of the molecule is CCOC(=O)c1ccc(NC(=O)c2[nH]c3cc(Cl)ccc3c2C)cc1. The Balaban J connectivity index is 1.80. The number of halogens is 1. The quantitative estimate of drug-likeness (QED) is 0.673. The van der Waals surface area contributed by atoms with Crippen LogP contribution in [0.25, 0.3) is 10.9 Å². The van der Waals surface area contributed by atoms with Crippen molar-refractivity contribution in [2.24, 2.45) is 0 Å². The molecule has 3 rings (SSSR count). The summed E-state index contributed by atoms with van der Waals surface area (Å²) < 4.78 is 4.94. The van der Waals surface area contributed by atoms with E-state index in [4.69, 9.17) is 16.3 Å². The van der Waals surface area contributed by atoms with E-state index >= 15 is 0 Å². The molecule has 2 aromatic carbocycles. The van der Waals surface area contributed by atoms with Crippen molar-refractivity contribution in [1.29, 1.82) is 0 Å². The highest BCUT2D eigenvalue weighted by Crippen LogP contribution is 2.25. The molecule has 2 N–H and O–H groups in total. The smallest absolute Gasteiger partial charge is 0.338 e. The number of H-pyrrole nitrogens is 1. The molecule has 0 aliphatic heterocycles. The fourth-order valence-corrected chi connectivity index (χ4v) is 2.81. The van der Waals surface area contributed by atoms with Crippen LogP contribution in [0.5, 0.6) is 0 Å². The standard InChI is InChI=1S/C19H17ClN2O3/c1-3-25-19(24)12-4-7-14(8-5-12)21-18(23)17-11(2)15-9-6-13(20)10-16(15)22-17/h4-10,22H,3H2,1-2H3,(H,21,23). The summed E-state index contributed by atoms with van der Waals surface area (Å²) in [6.07, 6.45) is 0. The summed E-state index contributed by atoms with van der Waals surface area (Å²) in [4.78, 5) is 27.3. The van der Waals surface area contributed by atoms with E-state index in [-0.39, 0.29) is 11.9 Å². The lowest BCUT2D eigenvalue weighted by Gasteiger charge is -2.06. The largest absolute Gasteiger partial charge is 0.462 e. The van der Waals surface area contributed by atoms with Gasteiger partial charge in [-0.25, -0.2) is 4.79 Å². The Hall–Kier alpha value is -2.79. The number of fused-ring (bicyclic) bond motifs is 1. The van der Waals surface area contributed by atoms with E-state index in [1.54, 1.807) is 43.3 Å². The molecule has 25 heavy (non-hydrogen) atoms. The van der Waals surface area contributed by atoms with Crippen LogP contribution in [-0.2, 0) is 4.74 Å². The van der Waals surface area contributed by atoms with Gasteiger partial charge < -0.3 is 15.0 Å². The summed E-state index contributed by atoms with van der Waals surface area (Å²) >= 11 is 5.99. The van der Waals surface area contributed by atoms with Gasteiger partial charge in [0.1, 0.15) is 5.69 Å². The van der Waals surface area contributed by atoms with E-state index < -0.39 is 0 Å². The van der Waals surface area contributed by atoms with Gasteiger partial charge in [-0.1, -0.05) is 17.7 Å². The van der Waals surface area contributed by atoms with Crippen LogP contribution in [0.3, 0.4) is 0 Å². The Bertz CT molecular complexity index is 945. The monoisotopic (exact) mass is 356 g/mol. The molecule has 0 unspecified atom stereocenters. The van der Waals surface area contributed by atoms with Crippen LogP contribution in [0.1, 0.15) is 33.3 Å². The lowest BCUT2D eigenvalue weighted by atomic mass is 10.1. The average Bonchev–Trinajstić information content (AvgIpc) is 2.92. The molecular weight excluding hydrogens is 340 g/mol. The fraction of sp³-hybridized carbons (Fsp3) is 0.158. The Morgan fingerprint density at radius 3 is 2.56 bits per heavy atom. The van der Waals surface area contributed by atoms with Crippen LogP contribution in [0.4, 0.5) is 5.69 Å². The zero-order valence-corrected chi connectivity index (χ0v) is 14.6. The van der Waals surface area contributed by atoms with Crippen LogP contribution in [0, 0.1) is 6.92 Å². The van der Waals surface area contributed by atoms with Crippen LogP contribution >= 0.6 is 11.6 Å². The number of aromatic nitrogens is 1. The Labute approximate surface area is 149 Å². The molecule has 1 aromatic heterocycles. The first-order chi connectivity index (χ1) is 12.0. The number of ether oxygens (including phenoxy) is 1. The van der Waals surface area contributed by atoms with Crippen molar-refractivity contribution in [1.82, 2.24) is 4.98 Å². The molecule has 0 saturated carbocycles. The van der Waals surface area contributed by atoms with Crippen LogP contribution < -0.4 is 5.32 Å². The summed E-state index contributed by atoms with van der Waals surface area (Å²) in [5.74, 6) is -0.641. The van der Waals surface area contributed by atoms with E-state index in [9.17, 15) is 9.59 Å². The van der Waals surface area contributed by atoms with Gasteiger partial charge in [-0.15, -0.1) is 0 Å². The fourth-order valence-electron chi connectivity index (χ4n) is 2.63. The maximum atomic E-state index is 12.5. The number of aryl methyl sites for hydroxylation is 1. The summed E-state index contributed by atoms with van der Waals surface area (Å²) in [5, 5.41) is 4.38. The minimum absolute atomic E-state index is 0.256. The highest BCUT2D eigenvalue weighted by Gasteiger charge is 2.15. The van der Waals surface area contributed by atoms with Crippen molar-refractivity contribution in [2.45, 2.75) is 13.8 Å². The molecule has 0 atom stereocenters. The third-order valence-corrected chi connectivity index (χ3v) is 4.14. The number of benzene rings is 2. The summed E-state index contributed by atoms with van der Waals surface area (Å²) in [6, 6.07) is 12.0. The number of hydrogen-bond donors (Lipinski definition) is 2. The first kappa shape index (κ1) is 17.0. The van der Waals surface area contributed by atoms with E-state index in [2.05, 4.69) is 10.3 Å². The number of hydrogen-bond acceptors (Lipinski definition) is 3. The zero-order valence-electron chi connectivity index (χ0n) is 13.9. The third kappa shape index (κ3) is 3.51. The van der Waals surface area contributed by atoms with Crippen molar-refractivity contribution in [3.8, 4) is 0 Å². The molecule has 5 nitrogen and oxygen atoms in total. The molecule has 6 heteroatoms. The first-order valence-electron chi connectivity index (χ1n) is 7.86. The summed E-state index contributed by atoms with van der Waals surface area (Å²) in [5.41, 5.74) is 3.18. The normalized spacial score (nSPS) is 10.7. The van der Waals surface area contributed by atoms with E-state index in [0.717, 1.165) is 16.5 Å². The Kier molecular flexibility index (Phi) is 4.76. The predicted octanol–water partition coefficient (Wildman–Crippen LogP) is 4.56. The second-order valence-electron chi connectivity index (χ2n) is 5.57. The van der Waals surface area contributed by atoms with Crippen LogP contribution in [-0.4, -0.2) is 23.5 Å². The number of carbonyl (C=O) groups is 2. The second-order valence-corrected chi connectivity index (χ2v) is 6.00. The maximum absolute atomic E-state index is 12.5. The number of anilines is 1. The number of esters is 1. The average molecular weight is 357 g/mol. The van der Waals surface area contributed by atoms with Gasteiger partial charge in [-0.2, -0.15) is 0 Å². The lowest BCUT2D eigenvalue weighted by molar-refractivity contribution is 0.0526. The molecule has 128 valence electrons. The molecule has 0 fully saturated rings.